The topological polar surface area (TPSA) is 57.2 Å². The second-order valence-corrected chi connectivity index (χ2v) is 3.77. The van der Waals surface area contributed by atoms with Crippen molar-refractivity contribution in [2.75, 3.05) is 0 Å². The molecule has 0 fully saturated rings. The van der Waals surface area contributed by atoms with Crippen molar-refractivity contribution in [3.8, 4) is 0 Å². The van der Waals surface area contributed by atoms with Crippen LogP contribution in [0.4, 0.5) is 0 Å². The van der Waals surface area contributed by atoms with Crippen LogP contribution in [0.25, 0.3) is 0 Å². The van der Waals surface area contributed by atoms with Crippen molar-refractivity contribution in [1.82, 2.24) is 0 Å². The number of allylic oxidation sites excluding steroid dienone is 2. The molecule has 1 aliphatic carbocycles. The molecule has 0 aromatic rings. The van der Waals surface area contributed by atoms with Gasteiger partial charge < -0.3 is 5.11 Å². The van der Waals surface area contributed by atoms with Crippen LogP contribution in [0.15, 0.2) is 11.3 Å². The second-order valence-electron chi connectivity index (χ2n) is 3.77. The average molecular weight is 206 g/mol. The van der Waals surface area contributed by atoms with Crippen LogP contribution in [0, 0.1) is 5.41 Å². The first-order valence-corrected chi connectivity index (χ1v) is 3.82. The van der Waals surface area contributed by atoms with Crippen molar-refractivity contribution in [2.45, 2.75) is 27.2 Å². The van der Waals surface area contributed by atoms with Gasteiger partial charge in [-0.15, -0.1) is 0 Å². The van der Waals surface area contributed by atoms with Crippen molar-refractivity contribution in [2.24, 2.45) is 5.41 Å². The molecule has 0 spiro atoms. The van der Waals surface area contributed by atoms with Gasteiger partial charge in [0.05, 0.1) is 0 Å². The monoisotopic (exact) mass is 206 g/mol. The predicted octanol–water partition coefficient (Wildman–Crippen LogP) is -2.81. The third kappa shape index (κ3) is 2.50. The van der Waals surface area contributed by atoms with Gasteiger partial charge in [-0.3, -0.25) is 9.59 Å². The Labute approximate surface area is 120 Å². The van der Waals surface area contributed by atoms with Crippen molar-refractivity contribution in [3.05, 3.63) is 11.3 Å². The Morgan fingerprint density at radius 1 is 1.31 bits per heavy atom. The van der Waals surface area contributed by atoms with Gasteiger partial charge in [-0.2, -0.15) is 0 Å². The fraction of sp³-hybridized carbons (Fsp3) is 0.556. The first-order chi connectivity index (χ1) is 5.36. The van der Waals surface area contributed by atoms with Gasteiger partial charge in [-0.25, -0.2) is 0 Å². The molecule has 0 aromatic carbocycles. The molecule has 0 radical (unpaired) electrons. The summed E-state index contributed by atoms with van der Waals surface area (Å²) in [5.74, 6) is -1.26. The van der Waals surface area contributed by atoms with E-state index in [1.54, 1.807) is 13.8 Å². The molecular formula is C9H11KO3. The molecule has 66 valence electrons. The van der Waals surface area contributed by atoms with E-state index in [4.69, 9.17) is 0 Å². The van der Waals surface area contributed by atoms with Crippen LogP contribution in [0.5, 0.6) is 0 Å². The number of ketones is 2. The van der Waals surface area contributed by atoms with Crippen LogP contribution in [0.2, 0.25) is 0 Å². The molecule has 0 atom stereocenters. The SMILES string of the molecule is CC1=C([O-])C(=O)CC(C)(C)C1=O.[K+]. The van der Waals surface area contributed by atoms with Crippen LogP contribution in [0.3, 0.4) is 0 Å². The molecule has 0 bridgehead atoms. The molecule has 0 amide bonds. The van der Waals surface area contributed by atoms with Gasteiger partial charge in [-0.05, 0) is 12.5 Å². The fourth-order valence-electron chi connectivity index (χ4n) is 1.38. The molecule has 0 saturated carbocycles. The van der Waals surface area contributed by atoms with Gasteiger partial charge in [0.15, 0.2) is 5.78 Å². The Balaban J connectivity index is 0.00000144. The molecule has 0 unspecified atom stereocenters. The van der Waals surface area contributed by atoms with E-state index in [9.17, 15) is 14.7 Å². The first-order valence-electron chi connectivity index (χ1n) is 3.82. The Kier molecular flexibility index (Phi) is 4.53. The third-order valence-corrected chi connectivity index (χ3v) is 2.15. The van der Waals surface area contributed by atoms with Gasteiger partial charge in [0.2, 0.25) is 0 Å². The molecule has 0 heterocycles. The summed E-state index contributed by atoms with van der Waals surface area (Å²) in [5.41, 5.74) is -0.606. The normalized spacial score (nSPS) is 21.5. The molecule has 0 aromatic heterocycles. The Morgan fingerprint density at radius 2 is 1.77 bits per heavy atom. The van der Waals surface area contributed by atoms with Crippen LogP contribution >= 0.6 is 0 Å². The minimum atomic E-state index is -0.685. The first kappa shape index (κ1) is 13.5. The standard InChI is InChI=1S/C9H12O3.K/c1-5-7(11)6(10)4-9(2,3)8(5)12;/h11H,4H2,1-3H3;/q;+1/p-1. The summed E-state index contributed by atoms with van der Waals surface area (Å²) >= 11 is 0. The minimum Gasteiger partial charge on any atom is -0.870 e. The Morgan fingerprint density at radius 3 is 2.23 bits per heavy atom. The maximum absolute atomic E-state index is 11.4. The van der Waals surface area contributed by atoms with Gasteiger partial charge >= 0.3 is 51.4 Å². The van der Waals surface area contributed by atoms with E-state index in [1.807, 2.05) is 0 Å². The van der Waals surface area contributed by atoms with E-state index in [2.05, 4.69) is 0 Å². The molecule has 4 heteroatoms. The zero-order valence-corrected chi connectivity index (χ0v) is 11.6. The zero-order chi connectivity index (χ0) is 9.52. The van der Waals surface area contributed by atoms with Crippen molar-refractivity contribution in [3.63, 3.8) is 0 Å². The zero-order valence-electron chi connectivity index (χ0n) is 8.43. The molecule has 0 saturated heterocycles. The average Bonchev–Trinajstić information content (AvgIpc) is 1.97. The van der Waals surface area contributed by atoms with Gasteiger partial charge in [-0.1, -0.05) is 19.6 Å². The van der Waals surface area contributed by atoms with Crippen molar-refractivity contribution < 1.29 is 66.1 Å². The number of rotatable bonds is 0. The minimum absolute atomic E-state index is 0. The molecule has 1 rings (SSSR count). The molecule has 0 aliphatic heterocycles. The summed E-state index contributed by atoms with van der Waals surface area (Å²) in [6.45, 7) is 4.79. The summed E-state index contributed by atoms with van der Waals surface area (Å²) in [6, 6.07) is 0. The van der Waals surface area contributed by atoms with E-state index in [0.717, 1.165) is 0 Å². The number of Topliss-reactive ketones (excluding diaryl/α,β-unsaturated/α-hetero) is 2. The van der Waals surface area contributed by atoms with E-state index >= 15 is 0 Å². The summed E-state index contributed by atoms with van der Waals surface area (Å²) < 4.78 is 0. The number of hydrogen-bond acceptors (Lipinski definition) is 3. The largest absolute Gasteiger partial charge is 1.00 e. The molecule has 13 heavy (non-hydrogen) atoms. The van der Waals surface area contributed by atoms with Crippen molar-refractivity contribution >= 4 is 11.6 Å². The Hall–Kier alpha value is 0.516. The second kappa shape index (κ2) is 4.36. The van der Waals surface area contributed by atoms with E-state index < -0.39 is 17.0 Å². The van der Waals surface area contributed by atoms with Gasteiger partial charge in [0, 0.05) is 11.8 Å². The summed E-state index contributed by atoms with van der Waals surface area (Å²) in [5, 5.41) is 11.0. The van der Waals surface area contributed by atoms with Gasteiger partial charge in [0.25, 0.3) is 0 Å². The smallest absolute Gasteiger partial charge is 0.870 e. The van der Waals surface area contributed by atoms with E-state index in [-0.39, 0.29) is 69.2 Å². The molecular weight excluding hydrogens is 195 g/mol. The van der Waals surface area contributed by atoms with Crippen LogP contribution in [0.1, 0.15) is 27.2 Å². The molecule has 1 aliphatic rings. The van der Waals surface area contributed by atoms with Gasteiger partial charge in [0.1, 0.15) is 5.78 Å². The van der Waals surface area contributed by atoms with E-state index in [0.29, 0.717) is 0 Å². The molecule has 0 N–H and O–H groups in total. The van der Waals surface area contributed by atoms with Crippen LogP contribution < -0.4 is 56.5 Å². The summed E-state index contributed by atoms with van der Waals surface area (Å²) in [7, 11) is 0. The fourth-order valence-corrected chi connectivity index (χ4v) is 1.38. The summed E-state index contributed by atoms with van der Waals surface area (Å²) in [4.78, 5) is 22.4. The number of hydrogen-bond donors (Lipinski definition) is 0. The number of carbonyl (C=O) groups is 2. The third-order valence-electron chi connectivity index (χ3n) is 2.15. The van der Waals surface area contributed by atoms with Crippen LogP contribution in [-0.2, 0) is 9.59 Å². The van der Waals surface area contributed by atoms with E-state index in [1.165, 1.54) is 6.92 Å². The van der Waals surface area contributed by atoms with Crippen LogP contribution in [-0.4, -0.2) is 11.6 Å². The maximum atomic E-state index is 11.4. The summed E-state index contributed by atoms with van der Waals surface area (Å²) in [6.07, 6.45) is 0.0437. The number of carbonyl (C=O) groups excluding carboxylic acids is 2. The predicted molar refractivity (Wildman–Crippen MR) is 41.1 cm³/mol. The maximum Gasteiger partial charge on any atom is 1.00 e. The molecule has 3 nitrogen and oxygen atoms in total. The quantitative estimate of drug-likeness (QED) is 0.402. The van der Waals surface area contributed by atoms with Crippen molar-refractivity contribution in [1.29, 1.82) is 0 Å². The Bertz CT molecular complexity index is 289.